The van der Waals surface area contributed by atoms with Crippen molar-refractivity contribution in [1.82, 2.24) is 0 Å². The summed E-state index contributed by atoms with van der Waals surface area (Å²) in [6, 6.07) is 0. The van der Waals surface area contributed by atoms with Crippen molar-refractivity contribution in [1.29, 1.82) is 0 Å². The molecule has 31 heavy (non-hydrogen) atoms. The summed E-state index contributed by atoms with van der Waals surface area (Å²) in [6.45, 7) is 10.6. The van der Waals surface area contributed by atoms with E-state index < -0.39 is 12.2 Å². The Morgan fingerprint density at radius 1 is 0.839 bits per heavy atom. The summed E-state index contributed by atoms with van der Waals surface area (Å²) in [5.74, 6) is 4.21. The molecule has 0 bridgehead atoms. The van der Waals surface area contributed by atoms with Crippen molar-refractivity contribution in [3.63, 3.8) is 0 Å². The fraction of sp³-hybridized carbons (Fsp3) is 1.00. The molecule has 0 radical (unpaired) electrons. The highest BCUT2D eigenvalue weighted by Crippen LogP contribution is 2.71. The predicted octanol–water partition coefficient (Wildman–Crippen LogP) is 4.76. The normalized spacial score (nSPS) is 63.3. The van der Waals surface area contributed by atoms with Crippen LogP contribution in [-0.4, -0.2) is 40.9 Å². The van der Waals surface area contributed by atoms with Gasteiger partial charge in [-0.15, -0.1) is 0 Å². The van der Waals surface area contributed by atoms with E-state index in [-0.39, 0.29) is 11.2 Å². The fourth-order valence-corrected chi connectivity index (χ4v) is 10.3. The second kappa shape index (κ2) is 6.93. The van der Waals surface area contributed by atoms with Crippen LogP contribution in [0.1, 0.15) is 85.5 Å². The van der Waals surface area contributed by atoms with Crippen LogP contribution in [0.25, 0.3) is 0 Å². The molecule has 0 aromatic rings. The third kappa shape index (κ3) is 2.80. The van der Waals surface area contributed by atoms with Gasteiger partial charge in [0.1, 0.15) is 0 Å². The number of ether oxygens (including phenoxy) is 2. The number of aliphatic hydroxyl groups excluding tert-OH is 2. The molecule has 2 aliphatic heterocycles. The minimum absolute atomic E-state index is 0.191. The van der Waals surface area contributed by atoms with E-state index in [2.05, 4.69) is 27.7 Å². The lowest BCUT2D eigenvalue weighted by atomic mass is 9.44. The predicted molar refractivity (Wildman–Crippen MR) is 119 cm³/mol. The van der Waals surface area contributed by atoms with E-state index >= 15 is 0 Å². The third-order valence-electron chi connectivity index (χ3n) is 12.0. The van der Waals surface area contributed by atoms with Crippen LogP contribution in [0.2, 0.25) is 0 Å². The van der Waals surface area contributed by atoms with E-state index in [1.165, 1.54) is 38.5 Å². The van der Waals surface area contributed by atoms with Crippen LogP contribution < -0.4 is 0 Å². The van der Waals surface area contributed by atoms with E-state index in [0.717, 1.165) is 37.7 Å². The standard InChI is InChI=1S/C27H44O4/c1-15-7-10-27(30-14-15)16(2)24-23(31-27)12-20-18-6-5-17-11-21(28)22(29)13-26(17,4)19(18)8-9-25(20,24)3/h15-24,28-29H,5-14H2,1-4H3/t15-,16+,17+,18-,19+,20-,21-,22-,23+,24-,25+,26+,27-/m1/s1. The van der Waals surface area contributed by atoms with Crippen LogP contribution in [0.5, 0.6) is 0 Å². The molecule has 2 heterocycles. The average molecular weight is 433 g/mol. The lowest BCUT2D eigenvalue weighted by Crippen LogP contribution is -2.57. The molecule has 0 aromatic carbocycles. The molecule has 2 saturated heterocycles. The topological polar surface area (TPSA) is 58.9 Å². The second-order valence-corrected chi connectivity index (χ2v) is 13.2. The first-order valence-electron chi connectivity index (χ1n) is 13.4. The fourth-order valence-electron chi connectivity index (χ4n) is 10.3. The molecule has 0 unspecified atom stereocenters. The minimum Gasteiger partial charge on any atom is -0.390 e. The van der Waals surface area contributed by atoms with Crippen molar-refractivity contribution < 1.29 is 19.7 Å². The Kier molecular flexibility index (Phi) is 4.78. The summed E-state index contributed by atoms with van der Waals surface area (Å²) in [6.07, 6.45) is 9.51. The zero-order valence-corrected chi connectivity index (χ0v) is 20.1. The molecule has 6 aliphatic rings. The highest BCUT2D eigenvalue weighted by Gasteiger charge is 2.69. The maximum Gasteiger partial charge on any atom is 0.171 e. The maximum atomic E-state index is 10.6. The van der Waals surface area contributed by atoms with Crippen LogP contribution in [0, 0.1) is 52.3 Å². The van der Waals surface area contributed by atoms with Gasteiger partial charge in [0.25, 0.3) is 0 Å². The number of hydrogen-bond donors (Lipinski definition) is 2. The summed E-state index contributed by atoms with van der Waals surface area (Å²) in [7, 11) is 0. The molecule has 6 fully saturated rings. The molecule has 4 nitrogen and oxygen atoms in total. The molecule has 0 amide bonds. The van der Waals surface area contributed by atoms with E-state index in [1.54, 1.807) is 0 Å². The van der Waals surface area contributed by atoms with E-state index in [0.29, 0.717) is 41.1 Å². The molecule has 6 rings (SSSR count). The van der Waals surface area contributed by atoms with Crippen molar-refractivity contribution in [2.45, 2.75) is 110 Å². The monoisotopic (exact) mass is 432 g/mol. The Balaban J connectivity index is 1.26. The highest BCUT2D eigenvalue weighted by atomic mass is 16.7. The van der Waals surface area contributed by atoms with Gasteiger partial charge in [-0.1, -0.05) is 27.7 Å². The number of rotatable bonds is 0. The Labute approximate surface area is 188 Å². The molecule has 0 aromatic heterocycles. The molecule has 4 heteroatoms. The summed E-state index contributed by atoms with van der Waals surface area (Å²) < 4.78 is 13.3. The highest BCUT2D eigenvalue weighted by molar-refractivity contribution is 5.15. The number of fused-ring (bicyclic) bond motifs is 7. The first-order chi connectivity index (χ1) is 14.7. The van der Waals surface area contributed by atoms with Gasteiger partial charge in [-0.05, 0) is 97.7 Å². The molecule has 176 valence electrons. The molecular formula is C27H44O4. The maximum absolute atomic E-state index is 10.6. The largest absolute Gasteiger partial charge is 0.390 e. The number of hydrogen-bond acceptors (Lipinski definition) is 4. The molecular weight excluding hydrogens is 388 g/mol. The van der Waals surface area contributed by atoms with Gasteiger partial charge in [0.15, 0.2) is 5.79 Å². The van der Waals surface area contributed by atoms with Crippen LogP contribution in [-0.2, 0) is 9.47 Å². The van der Waals surface area contributed by atoms with Gasteiger partial charge in [-0.25, -0.2) is 0 Å². The summed E-state index contributed by atoms with van der Waals surface area (Å²) >= 11 is 0. The number of aliphatic hydroxyl groups is 2. The second-order valence-electron chi connectivity index (χ2n) is 13.2. The van der Waals surface area contributed by atoms with Crippen molar-refractivity contribution >= 4 is 0 Å². The average Bonchev–Trinajstić information content (AvgIpc) is 3.16. The van der Waals surface area contributed by atoms with Crippen molar-refractivity contribution in [2.24, 2.45) is 52.3 Å². The van der Waals surface area contributed by atoms with Crippen LogP contribution >= 0.6 is 0 Å². The van der Waals surface area contributed by atoms with E-state index in [1.807, 2.05) is 0 Å². The Bertz CT molecular complexity index is 716. The van der Waals surface area contributed by atoms with Gasteiger partial charge in [-0.3, -0.25) is 0 Å². The van der Waals surface area contributed by atoms with Crippen molar-refractivity contribution in [2.75, 3.05) is 6.61 Å². The van der Waals surface area contributed by atoms with Crippen LogP contribution in [0.4, 0.5) is 0 Å². The Morgan fingerprint density at radius 2 is 1.65 bits per heavy atom. The van der Waals surface area contributed by atoms with Crippen molar-refractivity contribution in [3.05, 3.63) is 0 Å². The Hall–Kier alpha value is -0.160. The zero-order valence-electron chi connectivity index (χ0n) is 20.1. The van der Waals surface area contributed by atoms with Gasteiger partial charge < -0.3 is 19.7 Å². The Morgan fingerprint density at radius 3 is 2.39 bits per heavy atom. The van der Waals surface area contributed by atoms with Crippen molar-refractivity contribution in [3.8, 4) is 0 Å². The van der Waals surface area contributed by atoms with Crippen LogP contribution in [0.3, 0.4) is 0 Å². The molecule has 4 saturated carbocycles. The third-order valence-corrected chi connectivity index (χ3v) is 12.0. The molecule has 2 N–H and O–H groups in total. The smallest absolute Gasteiger partial charge is 0.171 e. The van der Waals surface area contributed by atoms with Gasteiger partial charge in [0, 0.05) is 12.3 Å². The molecule has 1 spiro atoms. The van der Waals surface area contributed by atoms with E-state index in [9.17, 15) is 10.2 Å². The van der Waals surface area contributed by atoms with Crippen LogP contribution in [0.15, 0.2) is 0 Å². The van der Waals surface area contributed by atoms with Gasteiger partial charge in [-0.2, -0.15) is 0 Å². The lowest BCUT2D eigenvalue weighted by molar-refractivity contribution is -0.273. The van der Waals surface area contributed by atoms with Gasteiger partial charge >= 0.3 is 0 Å². The summed E-state index contributed by atoms with van der Waals surface area (Å²) in [4.78, 5) is 0. The SMILES string of the molecule is C[C@@H]1CC[C@@]2(OC1)O[C@H]1C[C@@H]3[C@@H]4CC[C@H]5C[C@@H](O)[C@H](O)C[C@]5(C)[C@H]4CC[C@]3(C)[C@@H]1[C@@H]2C. The molecule has 4 aliphatic carbocycles. The summed E-state index contributed by atoms with van der Waals surface area (Å²) in [5, 5.41) is 20.9. The van der Waals surface area contributed by atoms with Gasteiger partial charge in [0.2, 0.25) is 0 Å². The quantitative estimate of drug-likeness (QED) is 0.579. The first kappa shape index (κ1) is 21.4. The minimum atomic E-state index is -0.537. The zero-order chi connectivity index (χ0) is 21.8. The lowest BCUT2D eigenvalue weighted by Gasteiger charge is -2.61. The van der Waals surface area contributed by atoms with Gasteiger partial charge in [0.05, 0.1) is 24.9 Å². The molecule has 13 atom stereocenters. The van der Waals surface area contributed by atoms with E-state index in [4.69, 9.17) is 9.47 Å². The first-order valence-corrected chi connectivity index (χ1v) is 13.4. The summed E-state index contributed by atoms with van der Waals surface area (Å²) in [5.41, 5.74) is 0.550.